The molecule has 0 spiro atoms. The Morgan fingerprint density at radius 3 is 2.33 bits per heavy atom. The van der Waals surface area contributed by atoms with Gasteiger partial charge in [0.2, 0.25) is 5.91 Å². The number of halogens is 3. The number of carbonyl (C=O) groups excluding carboxylic acids is 4. The molecule has 6 amide bonds. The normalized spacial score (nSPS) is 19.7. The van der Waals surface area contributed by atoms with Crippen molar-refractivity contribution in [2.45, 2.75) is 25.6 Å². The second kappa shape index (κ2) is 7.25. The van der Waals surface area contributed by atoms with Crippen molar-refractivity contribution in [2.75, 3.05) is 13.1 Å². The first-order valence-electron chi connectivity index (χ1n) is 7.78. The lowest BCUT2D eigenvalue weighted by atomic mass is 9.91. The monoisotopic (exact) mass is 386 g/mol. The zero-order valence-electron chi connectivity index (χ0n) is 14.4. The summed E-state index contributed by atoms with van der Waals surface area (Å²) in [7, 11) is 0. The van der Waals surface area contributed by atoms with Crippen molar-refractivity contribution in [3.8, 4) is 0 Å². The van der Waals surface area contributed by atoms with Crippen molar-refractivity contribution in [2.24, 2.45) is 0 Å². The molecule has 8 nitrogen and oxygen atoms in total. The van der Waals surface area contributed by atoms with Crippen LogP contribution in [0.1, 0.15) is 18.1 Å². The van der Waals surface area contributed by atoms with Gasteiger partial charge in [0.05, 0.1) is 0 Å². The molecule has 11 heteroatoms. The highest BCUT2D eigenvalue weighted by Crippen LogP contribution is 2.28. The molecule has 0 radical (unpaired) electrons. The fourth-order valence-electron chi connectivity index (χ4n) is 2.46. The van der Waals surface area contributed by atoms with Gasteiger partial charge in [0, 0.05) is 0 Å². The summed E-state index contributed by atoms with van der Waals surface area (Å²) >= 11 is 0. The second-order valence-electron chi connectivity index (χ2n) is 6.16. The first-order valence-corrected chi connectivity index (χ1v) is 7.78. The van der Waals surface area contributed by atoms with Crippen molar-refractivity contribution in [3.63, 3.8) is 0 Å². The molecule has 1 aliphatic heterocycles. The molecule has 2 rings (SSSR count). The lowest BCUT2D eigenvalue weighted by Gasteiger charge is -2.22. The summed E-state index contributed by atoms with van der Waals surface area (Å²) in [6, 6.07) is 4.57. The van der Waals surface area contributed by atoms with E-state index in [1.54, 1.807) is 29.6 Å². The van der Waals surface area contributed by atoms with Crippen LogP contribution in [0, 0.1) is 6.92 Å². The minimum atomic E-state index is -4.64. The summed E-state index contributed by atoms with van der Waals surface area (Å²) in [6.45, 7) is 0.875. The Morgan fingerprint density at radius 1 is 1.19 bits per heavy atom. The van der Waals surface area contributed by atoms with Crippen LogP contribution in [0.3, 0.4) is 0 Å². The van der Waals surface area contributed by atoms with E-state index in [0.717, 1.165) is 5.56 Å². The average molecular weight is 386 g/mol. The zero-order chi connectivity index (χ0) is 20.4. The van der Waals surface area contributed by atoms with Crippen LogP contribution >= 0.6 is 0 Å². The number of benzene rings is 1. The molecule has 0 saturated carbocycles. The van der Waals surface area contributed by atoms with Crippen LogP contribution in [0.2, 0.25) is 0 Å². The van der Waals surface area contributed by atoms with Gasteiger partial charge in [0.1, 0.15) is 18.6 Å². The van der Waals surface area contributed by atoms with Crippen LogP contribution in [-0.2, 0) is 15.1 Å². The molecule has 0 unspecified atom stereocenters. The van der Waals surface area contributed by atoms with Gasteiger partial charge in [-0.3, -0.25) is 19.8 Å². The fraction of sp³-hybridized carbons (Fsp3) is 0.375. The molecule has 1 atom stereocenters. The summed E-state index contributed by atoms with van der Waals surface area (Å²) in [5, 5.41) is 5.56. The first-order chi connectivity index (χ1) is 12.4. The van der Waals surface area contributed by atoms with Crippen molar-refractivity contribution >= 4 is 23.9 Å². The molecule has 0 aromatic heterocycles. The van der Waals surface area contributed by atoms with E-state index in [9.17, 15) is 32.3 Å². The van der Waals surface area contributed by atoms with Crippen molar-refractivity contribution in [3.05, 3.63) is 35.4 Å². The van der Waals surface area contributed by atoms with Crippen LogP contribution in [0.25, 0.3) is 0 Å². The van der Waals surface area contributed by atoms with E-state index in [0.29, 0.717) is 10.5 Å². The minimum absolute atomic E-state index is 0.497. The number of nitrogens with one attached hydrogen (secondary N) is 3. The predicted octanol–water partition coefficient (Wildman–Crippen LogP) is 1.15. The van der Waals surface area contributed by atoms with Gasteiger partial charge in [-0.25, -0.2) is 9.59 Å². The van der Waals surface area contributed by atoms with E-state index in [1.807, 2.05) is 6.92 Å². The van der Waals surface area contributed by atoms with E-state index in [-0.39, 0.29) is 0 Å². The maximum absolute atomic E-state index is 12.6. The quantitative estimate of drug-likeness (QED) is 0.675. The number of rotatable bonds is 4. The van der Waals surface area contributed by atoms with Gasteiger partial charge in [-0.15, -0.1) is 0 Å². The van der Waals surface area contributed by atoms with E-state index in [1.165, 1.54) is 12.2 Å². The number of carbonyl (C=O) groups is 4. The van der Waals surface area contributed by atoms with E-state index >= 15 is 0 Å². The van der Waals surface area contributed by atoms with E-state index < -0.39 is 48.7 Å². The molecule has 146 valence electrons. The van der Waals surface area contributed by atoms with Gasteiger partial charge in [-0.05, 0) is 19.4 Å². The van der Waals surface area contributed by atoms with Gasteiger partial charge < -0.3 is 10.6 Å². The summed E-state index contributed by atoms with van der Waals surface area (Å²) < 4.78 is 36.1. The molecule has 1 aromatic carbocycles. The topological polar surface area (TPSA) is 108 Å². The Bertz CT molecular complexity index is 779. The summed E-state index contributed by atoms with van der Waals surface area (Å²) in [6.07, 6.45) is -4.64. The number of imide groups is 2. The van der Waals surface area contributed by atoms with Crippen LogP contribution in [0.15, 0.2) is 24.3 Å². The van der Waals surface area contributed by atoms with Crippen LogP contribution in [-0.4, -0.2) is 48.0 Å². The first kappa shape index (κ1) is 20.2. The lowest BCUT2D eigenvalue weighted by Crippen LogP contribution is -2.48. The molecule has 0 bridgehead atoms. The Balaban J connectivity index is 2.01. The number of hydrogen-bond acceptors (Lipinski definition) is 4. The maximum atomic E-state index is 12.6. The highest BCUT2D eigenvalue weighted by Gasteiger charge is 2.49. The third-order valence-electron chi connectivity index (χ3n) is 3.91. The number of hydrogen-bond donors (Lipinski definition) is 3. The zero-order valence-corrected chi connectivity index (χ0v) is 14.4. The number of aryl methyl sites for hydroxylation is 1. The third kappa shape index (κ3) is 4.74. The highest BCUT2D eigenvalue weighted by molar-refractivity contribution is 6.10. The minimum Gasteiger partial charge on any atom is -0.329 e. The van der Waals surface area contributed by atoms with Gasteiger partial charge in [-0.2, -0.15) is 13.2 Å². The molecule has 3 N–H and O–H groups in total. The van der Waals surface area contributed by atoms with Crippen LogP contribution < -0.4 is 16.0 Å². The predicted molar refractivity (Wildman–Crippen MR) is 86.4 cm³/mol. The molecule has 1 saturated heterocycles. The van der Waals surface area contributed by atoms with Crippen LogP contribution in [0.5, 0.6) is 0 Å². The Kier molecular flexibility index (Phi) is 5.43. The average Bonchev–Trinajstić information content (AvgIpc) is 2.77. The van der Waals surface area contributed by atoms with Crippen molar-refractivity contribution in [1.29, 1.82) is 0 Å². The lowest BCUT2D eigenvalue weighted by molar-refractivity contribution is -0.134. The second-order valence-corrected chi connectivity index (χ2v) is 6.16. The standard InChI is InChI=1S/C16H17F3N4O4/c1-9-3-5-10(6-4-9)15(2)12(25)23(14(27)22-15)7-11(24)21-13(26)20-8-16(17,18)19/h3-6H,7-8H2,1-2H3,(H,22,27)(H2,20,21,24,26)/t15-/m1/s1. The summed E-state index contributed by atoms with van der Waals surface area (Å²) in [4.78, 5) is 48.3. The van der Waals surface area contributed by atoms with Gasteiger partial charge >= 0.3 is 18.2 Å². The van der Waals surface area contributed by atoms with Gasteiger partial charge in [0.25, 0.3) is 5.91 Å². The Hall–Kier alpha value is -3.11. The molecule has 1 heterocycles. The number of urea groups is 2. The number of nitrogens with zero attached hydrogens (tertiary/aromatic N) is 1. The van der Waals surface area contributed by atoms with Gasteiger partial charge in [-0.1, -0.05) is 29.8 Å². The molecular weight excluding hydrogens is 369 g/mol. The Labute approximate surface area is 152 Å². The Morgan fingerprint density at radius 2 is 1.78 bits per heavy atom. The van der Waals surface area contributed by atoms with Crippen LogP contribution in [0.4, 0.5) is 22.8 Å². The largest absolute Gasteiger partial charge is 0.405 e. The molecule has 0 aliphatic carbocycles. The fourth-order valence-corrected chi connectivity index (χ4v) is 2.46. The molecule has 1 fully saturated rings. The van der Waals surface area contributed by atoms with Crippen molar-refractivity contribution in [1.82, 2.24) is 20.9 Å². The molecule has 1 aromatic rings. The third-order valence-corrected chi connectivity index (χ3v) is 3.91. The maximum Gasteiger partial charge on any atom is 0.405 e. The SMILES string of the molecule is Cc1ccc([C@@]2(C)NC(=O)N(CC(=O)NC(=O)NCC(F)(F)F)C2=O)cc1. The highest BCUT2D eigenvalue weighted by atomic mass is 19.4. The smallest absolute Gasteiger partial charge is 0.329 e. The van der Waals surface area contributed by atoms with Crippen molar-refractivity contribution < 1.29 is 32.3 Å². The van der Waals surface area contributed by atoms with E-state index in [2.05, 4.69) is 5.32 Å². The molecule has 27 heavy (non-hydrogen) atoms. The molecule has 1 aliphatic rings. The van der Waals surface area contributed by atoms with E-state index in [4.69, 9.17) is 0 Å². The number of amides is 6. The van der Waals surface area contributed by atoms with Gasteiger partial charge in [0.15, 0.2) is 0 Å². The summed E-state index contributed by atoms with van der Waals surface area (Å²) in [5.74, 6) is -1.83. The summed E-state index contributed by atoms with van der Waals surface area (Å²) in [5.41, 5.74) is 0.0429. The molecular formula is C16H17F3N4O4. The number of alkyl halides is 3.